The lowest BCUT2D eigenvalue weighted by Gasteiger charge is -2.08. The van der Waals surface area contributed by atoms with E-state index in [4.69, 9.17) is 4.74 Å². The monoisotopic (exact) mass is 481 g/mol. The van der Waals surface area contributed by atoms with E-state index in [1.54, 1.807) is 37.8 Å². The van der Waals surface area contributed by atoms with Gasteiger partial charge < -0.3 is 27.0 Å². The van der Waals surface area contributed by atoms with E-state index in [-0.39, 0.29) is 22.9 Å². The molecule has 4 aromatic heterocycles. The number of ether oxygens (including phenoxy) is 1. The number of fused-ring (bicyclic) bond motifs is 1. The summed E-state index contributed by atoms with van der Waals surface area (Å²) in [5.41, 5.74) is 4.26. The van der Waals surface area contributed by atoms with Crippen LogP contribution >= 0.6 is 0 Å². The third kappa shape index (κ3) is 4.91. The maximum absolute atomic E-state index is 12.6. The number of rotatable bonds is 7. The SMILES string of the molecule is CCc1cc[n+](CCNC(=O)c2ccn3c(-c4cnccc4OC)cnc3c2)cc1.[Br-]. The van der Waals surface area contributed by atoms with Gasteiger partial charge in [0.25, 0.3) is 5.91 Å². The summed E-state index contributed by atoms with van der Waals surface area (Å²) in [5.74, 6) is 0.602. The number of nitrogens with zero attached hydrogens (tertiary/aromatic N) is 4. The molecule has 0 radical (unpaired) electrons. The number of methoxy groups -OCH3 is 1. The molecule has 0 bridgehead atoms. The minimum absolute atomic E-state index is 0. The van der Waals surface area contributed by atoms with Crippen molar-refractivity contribution in [1.82, 2.24) is 19.7 Å². The molecular formula is C23H24BrN5O2. The summed E-state index contributed by atoms with van der Waals surface area (Å²) in [6.45, 7) is 3.39. The van der Waals surface area contributed by atoms with Gasteiger partial charge in [0.05, 0.1) is 31.1 Å². The molecule has 1 N–H and O–H groups in total. The molecule has 0 saturated carbocycles. The predicted octanol–water partition coefficient (Wildman–Crippen LogP) is -0.311. The van der Waals surface area contributed by atoms with Gasteiger partial charge in [-0.2, -0.15) is 0 Å². The second-order valence-electron chi connectivity index (χ2n) is 6.92. The highest BCUT2D eigenvalue weighted by Gasteiger charge is 2.13. The smallest absolute Gasteiger partial charge is 0.251 e. The van der Waals surface area contributed by atoms with Crippen LogP contribution in [0.4, 0.5) is 0 Å². The van der Waals surface area contributed by atoms with E-state index in [2.05, 4.69) is 38.9 Å². The maximum atomic E-state index is 12.6. The molecule has 8 heteroatoms. The Kier molecular flexibility index (Phi) is 7.36. The highest BCUT2D eigenvalue weighted by Crippen LogP contribution is 2.29. The molecule has 7 nitrogen and oxygen atoms in total. The Labute approximate surface area is 191 Å². The average Bonchev–Trinajstić information content (AvgIpc) is 3.22. The number of aryl methyl sites for hydroxylation is 1. The van der Waals surface area contributed by atoms with Crippen LogP contribution in [0.3, 0.4) is 0 Å². The zero-order valence-electron chi connectivity index (χ0n) is 17.5. The van der Waals surface area contributed by atoms with Crippen molar-refractivity contribution in [3.8, 4) is 17.0 Å². The summed E-state index contributed by atoms with van der Waals surface area (Å²) in [7, 11) is 1.63. The number of halogens is 1. The fourth-order valence-corrected chi connectivity index (χ4v) is 3.35. The van der Waals surface area contributed by atoms with E-state index in [9.17, 15) is 4.79 Å². The number of nitrogens with one attached hydrogen (secondary N) is 1. The van der Waals surface area contributed by atoms with Crippen LogP contribution < -0.4 is 31.6 Å². The first-order valence-corrected chi connectivity index (χ1v) is 9.91. The van der Waals surface area contributed by atoms with Crippen molar-refractivity contribution in [2.75, 3.05) is 13.7 Å². The van der Waals surface area contributed by atoms with Crippen LogP contribution in [-0.2, 0) is 13.0 Å². The molecular weight excluding hydrogens is 458 g/mol. The van der Waals surface area contributed by atoms with Crippen LogP contribution in [0.2, 0.25) is 0 Å². The van der Waals surface area contributed by atoms with Crippen LogP contribution in [0.5, 0.6) is 5.75 Å². The number of imidazole rings is 1. The summed E-state index contributed by atoms with van der Waals surface area (Å²) >= 11 is 0. The lowest BCUT2D eigenvalue weighted by atomic mass is 10.2. The highest BCUT2D eigenvalue weighted by atomic mass is 79.9. The molecule has 0 atom stereocenters. The zero-order valence-corrected chi connectivity index (χ0v) is 19.0. The van der Waals surface area contributed by atoms with Gasteiger partial charge in [-0.3, -0.25) is 14.2 Å². The van der Waals surface area contributed by atoms with Gasteiger partial charge in [-0.1, -0.05) is 6.92 Å². The second-order valence-corrected chi connectivity index (χ2v) is 6.92. The number of carbonyl (C=O) groups is 1. The number of carbonyl (C=O) groups excluding carboxylic acids is 1. The fourth-order valence-electron chi connectivity index (χ4n) is 3.35. The predicted molar refractivity (Wildman–Crippen MR) is 113 cm³/mol. The molecule has 0 aliphatic rings. The first-order valence-electron chi connectivity index (χ1n) is 9.91. The number of hydrogen-bond acceptors (Lipinski definition) is 4. The number of amides is 1. The standard InChI is InChI=1S/C23H23N5O2.BrH/c1-3-17-5-10-27(11-6-17)13-9-25-23(29)18-7-12-28-20(16-26-22(28)14-18)19-15-24-8-4-21(19)30-2;/h4-8,10-12,14-16H,3,9,13H2,1-2H3;1H. The van der Waals surface area contributed by atoms with Gasteiger partial charge in [-0.15, -0.1) is 0 Å². The number of hydrogen-bond donors (Lipinski definition) is 1. The van der Waals surface area contributed by atoms with Gasteiger partial charge in [0.2, 0.25) is 0 Å². The van der Waals surface area contributed by atoms with E-state index in [1.807, 2.05) is 29.1 Å². The molecule has 0 fully saturated rings. The number of aromatic nitrogens is 4. The Hall–Kier alpha value is -3.26. The van der Waals surface area contributed by atoms with E-state index < -0.39 is 0 Å². The molecule has 4 heterocycles. The Morgan fingerprint density at radius 3 is 2.74 bits per heavy atom. The topological polar surface area (TPSA) is 72.4 Å². The molecule has 1 amide bonds. The Morgan fingerprint density at radius 2 is 2.00 bits per heavy atom. The normalized spacial score (nSPS) is 10.5. The quantitative estimate of drug-likeness (QED) is 0.367. The van der Waals surface area contributed by atoms with Crippen molar-refractivity contribution in [3.05, 3.63) is 78.6 Å². The van der Waals surface area contributed by atoms with Crippen LogP contribution in [0.1, 0.15) is 22.8 Å². The highest BCUT2D eigenvalue weighted by molar-refractivity contribution is 5.95. The van der Waals surface area contributed by atoms with Crippen LogP contribution in [-0.4, -0.2) is 33.9 Å². The van der Waals surface area contributed by atoms with Crippen LogP contribution in [0.15, 0.2) is 67.5 Å². The molecule has 0 spiro atoms. The molecule has 4 aromatic rings. The number of pyridine rings is 3. The van der Waals surface area contributed by atoms with Gasteiger partial charge in [0.1, 0.15) is 11.4 Å². The summed E-state index contributed by atoms with van der Waals surface area (Å²) in [6.07, 6.45) is 12.1. The molecule has 0 aliphatic carbocycles. The van der Waals surface area contributed by atoms with Crippen molar-refractivity contribution < 1.29 is 31.1 Å². The molecule has 0 aromatic carbocycles. The molecule has 31 heavy (non-hydrogen) atoms. The van der Waals surface area contributed by atoms with Crippen molar-refractivity contribution in [1.29, 1.82) is 0 Å². The van der Waals surface area contributed by atoms with E-state index in [0.717, 1.165) is 23.4 Å². The molecule has 0 aliphatic heterocycles. The van der Waals surface area contributed by atoms with E-state index >= 15 is 0 Å². The summed E-state index contributed by atoms with van der Waals surface area (Å²) < 4.78 is 9.40. The van der Waals surface area contributed by atoms with Crippen molar-refractivity contribution >= 4 is 11.6 Å². The maximum Gasteiger partial charge on any atom is 0.251 e. The van der Waals surface area contributed by atoms with Crippen LogP contribution in [0.25, 0.3) is 16.9 Å². The first-order chi connectivity index (χ1) is 14.7. The third-order valence-electron chi connectivity index (χ3n) is 5.08. The fraction of sp³-hybridized carbons (Fsp3) is 0.217. The van der Waals surface area contributed by atoms with Crippen molar-refractivity contribution in [2.24, 2.45) is 0 Å². The minimum atomic E-state index is -0.119. The molecule has 0 unspecified atom stereocenters. The van der Waals surface area contributed by atoms with E-state index in [1.165, 1.54) is 5.56 Å². The van der Waals surface area contributed by atoms with Gasteiger partial charge >= 0.3 is 0 Å². The van der Waals surface area contributed by atoms with Gasteiger partial charge in [0, 0.05) is 36.3 Å². The first kappa shape index (κ1) is 22.4. The average molecular weight is 482 g/mol. The van der Waals surface area contributed by atoms with Gasteiger partial charge in [0.15, 0.2) is 18.9 Å². The lowest BCUT2D eigenvalue weighted by molar-refractivity contribution is -0.694. The Morgan fingerprint density at radius 1 is 1.19 bits per heavy atom. The molecule has 160 valence electrons. The van der Waals surface area contributed by atoms with Crippen molar-refractivity contribution in [2.45, 2.75) is 19.9 Å². The third-order valence-corrected chi connectivity index (χ3v) is 5.08. The lowest BCUT2D eigenvalue weighted by Crippen LogP contribution is -3.00. The Bertz CT molecular complexity index is 1170. The largest absolute Gasteiger partial charge is 1.00 e. The van der Waals surface area contributed by atoms with Crippen molar-refractivity contribution in [3.63, 3.8) is 0 Å². The second kappa shape index (κ2) is 10.2. The molecule has 4 rings (SSSR count). The zero-order chi connectivity index (χ0) is 20.9. The van der Waals surface area contributed by atoms with Gasteiger partial charge in [-0.05, 0) is 30.2 Å². The minimum Gasteiger partial charge on any atom is -1.00 e. The Balaban J connectivity index is 0.00000272. The van der Waals surface area contributed by atoms with E-state index in [0.29, 0.717) is 24.3 Å². The van der Waals surface area contributed by atoms with Crippen LogP contribution in [0, 0.1) is 0 Å². The summed E-state index contributed by atoms with van der Waals surface area (Å²) in [4.78, 5) is 21.2. The summed E-state index contributed by atoms with van der Waals surface area (Å²) in [5, 5.41) is 2.97. The summed E-state index contributed by atoms with van der Waals surface area (Å²) in [6, 6.07) is 9.58. The molecule has 0 saturated heterocycles. The van der Waals surface area contributed by atoms with Gasteiger partial charge in [-0.25, -0.2) is 9.55 Å².